The quantitative estimate of drug-likeness (QED) is 0.495. The second kappa shape index (κ2) is 10.7. The molecular formula is C26H30N2O6. The Labute approximate surface area is 198 Å². The number of alkyl carbamates (subject to hydrolysis) is 1. The summed E-state index contributed by atoms with van der Waals surface area (Å²) in [6, 6.07) is 16.4. The van der Waals surface area contributed by atoms with Gasteiger partial charge in [0.2, 0.25) is 5.91 Å². The van der Waals surface area contributed by atoms with Gasteiger partial charge in [-0.05, 0) is 41.0 Å². The third-order valence-corrected chi connectivity index (χ3v) is 6.64. The van der Waals surface area contributed by atoms with Crippen molar-refractivity contribution in [2.45, 2.75) is 43.7 Å². The van der Waals surface area contributed by atoms with Crippen LogP contribution in [-0.4, -0.2) is 55.5 Å². The minimum atomic E-state index is -0.970. The highest BCUT2D eigenvalue weighted by atomic mass is 16.5. The number of fused-ring (bicyclic) bond motifs is 3. The number of carboxylic acid groups (broad SMARTS) is 1. The first kappa shape index (κ1) is 23.8. The summed E-state index contributed by atoms with van der Waals surface area (Å²) in [5.74, 6) is -0.910. The molecule has 4 rings (SSSR count). The van der Waals surface area contributed by atoms with Crippen molar-refractivity contribution < 1.29 is 29.0 Å². The van der Waals surface area contributed by atoms with Crippen molar-refractivity contribution in [1.82, 2.24) is 10.6 Å². The Morgan fingerprint density at radius 2 is 1.65 bits per heavy atom. The van der Waals surface area contributed by atoms with Gasteiger partial charge in [0.05, 0.1) is 12.5 Å². The molecule has 0 radical (unpaired) electrons. The average Bonchev–Trinajstić information content (AvgIpc) is 3.12. The molecular weight excluding hydrogens is 436 g/mol. The Morgan fingerprint density at radius 1 is 1.03 bits per heavy atom. The van der Waals surface area contributed by atoms with E-state index in [1.165, 1.54) is 29.4 Å². The number of ether oxygens (including phenoxy) is 2. The van der Waals surface area contributed by atoms with Crippen LogP contribution in [0.1, 0.15) is 42.7 Å². The van der Waals surface area contributed by atoms with Gasteiger partial charge < -0.3 is 25.2 Å². The summed E-state index contributed by atoms with van der Waals surface area (Å²) < 4.78 is 10.6. The molecule has 180 valence electrons. The van der Waals surface area contributed by atoms with Gasteiger partial charge in [0.1, 0.15) is 6.61 Å². The van der Waals surface area contributed by atoms with E-state index in [0.29, 0.717) is 19.3 Å². The van der Waals surface area contributed by atoms with Gasteiger partial charge in [0, 0.05) is 32.0 Å². The van der Waals surface area contributed by atoms with Gasteiger partial charge >= 0.3 is 12.1 Å². The average molecular weight is 467 g/mol. The maximum Gasteiger partial charge on any atom is 0.407 e. The molecule has 1 saturated carbocycles. The van der Waals surface area contributed by atoms with Crippen molar-refractivity contribution in [2.75, 3.05) is 20.3 Å². The molecule has 34 heavy (non-hydrogen) atoms. The van der Waals surface area contributed by atoms with Crippen LogP contribution in [0.5, 0.6) is 0 Å². The molecule has 2 aliphatic rings. The van der Waals surface area contributed by atoms with Crippen LogP contribution in [0, 0.1) is 5.92 Å². The minimum Gasteiger partial charge on any atom is -0.481 e. The summed E-state index contributed by atoms with van der Waals surface area (Å²) in [4.78, 5) is 35.2. The van der Waals surface area contributed by atoms with Crippen LogP contribution in [0.25, 0.3) is 11.1 Å². The van der Waals surface area contributed by atoms with Crippen LogP contribution < -0.4 is 10.6 Å². The van der Waals surface area contributed by atoms with Gasteiger partial charge in [-0.3, -0.25) is 9.59 Å². The van der Waals surface area contributed by atoms with Crippen LogP contribution >= 0.6 is 0 Å². The van der Waals surface area contributed by atoms with Gasteiger partial charge in [-0.25, -0.2) is 4.79 Å². The Kier molecular flexibility index (Phi) is 7.47. The molecule has 0 bridgehead atoms. The zero-order chi connectivity index (χ0) is 24.1. The number of carboxylic acids is 1. The summed E-state index contributed by atoms with van der Waals surface area (Å²) in [5.41, 5.74) is 4.72. The second-order valence-electron chi connectivity index (χ2n) is 8.97. The van der Waals surface area contributed by atoms with Crippen LogP contribution in [0.2, 0.25) is 0 Å². The number of benzene rings is 2. The highest BCUT2D eigenvalue weighted by Crippen LogP contribution is 2.44. The Bertz CT molecular complexity index is 1000. The lowest BCUT2D eigenvalue weighted by molar-refractivity contribution is -0.140. The van der Waals surface area contributed by atoms with Crippen molar-refractivity contribution in [3.63, 3.8) is 0 Å². The smallest absolute Gasteiger partial charge is 0.407 e. The number of carbonyl (C=O) groups is 3. The molecule has 1 fully saturated rings. The molecule has 2 aliphatic carbocycles. The van der Waals surface area contributed by atoms with Crippen molar-refractivity contribution in [2.24, 2.45) is 5.92 Å². The fraction of sp³-hybridized carbons (Fsp3) is 0.423. The largest absolute Gasteiger partial charge is 0.481 e. The number of carbonyl (C=O) groups excluding carboxylic acids is 2. The van der Waals surface area contributed by atoms with Crippen molar-refractivity contribution in [3.8, 4) is 11.1 Å². The topological polar surface area (TPSA) is 114 Å². The van der Waals surface area contributed by atoms with Crippen molar-refractivity contribution >= 4 is 18.0 Å². The molecule has 0 spiro atoms. The molecule has 0 heterocycles. The molecule has 0 aliphatic heterocycles. The highest BCUT2D eigenvalue weighted by Gasteiger charge is 2.33. The monoisotopic (exact) mass is 466 g/mol. The first-order chi connectivity index (χ1) is 16.4. The zero-order valence-electron chi connectivity index (χ0n) is 19.2. The summed E-state index contributed by atoms with van der Waals surface area (Å²) in [6.07, 6.45) is 0.608. The molecule has 0 aromatic heterocycles. The van der Waals surface area contributed by atoms with Gasteiger partial charge in [-0.2, -0.15) is 0 Å². The van der Waals surface area contributed by atoms with E-state index < -0.39 is 18.2 Å². The maximum absolute atomic E-state index is 12.4. The van der Waals surface area contributed by atoms with Crippen molar-refractivity contribution in [3.05, 3.63) is 59.7 Å². The molecule has 0 saturated heterocycles. The fourth-order valence-electron chi connectivity index (χ4n) is 4.82. The third kappa shape index (κ3) is 5.56. The lowest BCUT2D eigenvalue weighted by atomic mass is 9.78. The Morgan fingerprint density at radius 3 is 2.24 bits per heavy atom. The normalized spacial score (nSPS) is 19.3. The van der Waals surface area contributed by atoms with Crippen molar-refractivity contribution in [1.29, 1.82) is 0 Å². The summed E-state index contributed by atoms with van der Waals surface area (Å²) in [7, 11) is 1.42. The van der Waals surface area contributed by atoms with E-state index >= 15 is 0 Å². The van der Waals surface area contributed by atoms with E-state index in [0.717, 1.165) is 0 Å². The van der Waals surface area contributed by atoms with E-state index in [1.807, 2.05) is 24.3 Å². The summed E-state index contributed by atoms with van der Waals surface area (Å²) in [6.45, 7) is 0.436. The first-order valence-corrected chi connectivity index (χ1v) is 11.6. The molecule has 1 atom stereocenters. The number of rotatable bonds is 10. The van der Waals surface area contributed by atoms with E-state index in [9.17, 15) is 14.4 Å². The Balaban J connectivity index is 1.18. The van der Waals surface area contributed by atoms with Crippen LogP contribution in [0.15, 0.2) is 48.5 Å². The first-order valence-electron chi connectivity index (χ1n) is 11.6. The highest BCUT2D eigenvalue weighted by molar-refractivity contribution is 5.79. The molecule has 8 heteroatoms. The minimum absolute atomic E-state index is 0.00724. The van der Waals surface area contributed by atoms with E-state index in [4.69, 9.17) is 14.6 Å². The molecule has 8 nitrogen and oxygen atoms in total. The predicted molar refractivity (Wildman–Crippen MR) is 125 cm³/mol. The van der Waals surface area contributed by atoms with Crippen LogP contribution in [0.4, 0.5) is 4.79 Å². The molecule has 2 aromatic carbocycles. The SMILES string of the molecule is COC(CNC(=O)CC1CC(NC(=O)OCC2c3ccccc3-c3ccccc32)C1)CC(=O)O. The number of amides is 2. The lowest BCUT2D eigenvalue weighted by Gasteiger charge is -2.35. The zero-order valence-corrected chi connectivity index (χ0v) is 19.2. The number of nitrogens with one attached hydrogen (secondary N) is 2. The van der Waals surface area contributed by atoms with Gasteiger partial charge in [0.25, 0.3) is 0 Å². The molecule has 1 unspecified atom stereocenters. The standard InChI is InChI=1S/C26H30N2O6/c1-33-18(13-25(30)31)14-27-24(29)12-16-10-17(11-16)28-26(32)34-15-23-21-8-4-2-6-19(21)20-7-3-5-9-22(20)23/h2-9,16-18,23H,10-15H2,1H3,(H,27,29)(H,28,32)(H,30,31). The van der Waals surface area contributed by atoms with E-state index in [-0.39, 0.29) is 43.4 Å². The van der Waals surface area contributed by atoms with E-state index in [2.05, 4.69) is 34.9 Å². The van der Waals surface area contributed by atoms with Gasteiger partial charge in [-0.1, -0.05) is 48.5 Å². The Hall–Kier alpha value is -3.39. The number of hydrogen-bond acceptors (Lipinski definition) is 5. The van der Waals surface area contributed by atoms with Gasteiger partial charge in [-0.15, -0.1) is 0 Å². The number of aliphatic carboxylic acids is 1. The number of hydrogen-bond donors (Lipinski definition) is 3. The third-order valence-electron chi connectivity index (χ3n) is 6.64. The molecule has 3 N–H and O–H groups in total. The lowest BCUT2D eigenvalue weighted by Crippen LogP contribution is -2.46. The summed E-state index contributed by atoms with van der Waals surface area (Å²) in [5, 5.41) is 14.4. The maximum atomic E-state index is 12.4. The van der Waals surface area contributed by atoms with Crippen LogP contribution in [-0.2, 0) is 19.1 Å². The van der Waals surface area contributed by atoms with E-state index in [1.54, 1.807) is 0 Å². The fourth-order valence-corrected chi connectivity index (χ4v) is 4.82. The predicted octanol–water partition coefficient (Wildman–Crippen LogP) is 3.30. The molecule has 2 amide bonds. The van der Waals surface area contributed by atoms with Crippen LogP contribution in [0.3, 0.4) is 0 Å². The van der Waals surface area contributed by atoms with Gasteiger partial charge in [0.15, 0.2) is 0 Å². The number of methoxy groups -OCH3 is 1. The second-order valence-corrected chi connectivity index (χ2v) is 8.97. The molecule has 2 aromatic rings. The summed E-state index contributed by atoms with van der Waals surface area (Å²) >= 11 is 0.